The van der Waals surface area contributed by atoms with E-state index in [1.54, 1.807) is 42.6 Å². The van der Waals surface area contributed by atoms with Crippen LogP contribution in [0.4, 0.5) is 5.69 Å². The minimum absolute atomic E-state index is 0.105. The van der Waals surface area contributed by atoms with E-state index in [0.717, 1.165) is 11.1 Å². The third kappa shape index (κ3) is 3.58. The van der Waals surface area contributed by atoms with E-state index in [1.165, 1.54) is 10.8 Å². The Bertz CT molecular complexity index is 1200. The average Bonchev–Trinajstić information content (AvgIpc) is 3.20. The first kappa shape index (κ1) is 19.1. The zero-order chi connectivity index (χ0) is 21.3. The Morgan fingerprint density at radius 1 is 1.20 bits per heavy atom. The summed E-state index contributed by atoms with van der Waals surface area (Å²) >= 11 is 0. The number of carbonyl (C=O) groups is 3. The highest BCUT2D eigenvalue weighted by Crippen LogP contribution is 2.28. The van der Waals surface area contributed by atoms with E-state index in [0.29, 0.717) is 35.5 Å². The van der Waals surface area contributed by atoms with Crippen molar-refractivity contribution in [1.82, 2.24) is 15.1 Å². The molecule has 1 aliphatic rings. The van der Waals surface area contributed by atoms with Gasteiger partial charge in [0.05, 0.1) is 5.69 Å². The number of benzene rings is 2. The van der Waals surface area contributed by atoms with E-state index < -0.39 is 5.91 Å². The molecule has 0 atom stereocenters. The zero-order valence-corrected chi connectivity index (χ0v) is 16.0. The number of aromatic nitrogens is 2. The monoisotopic (exact) mass is 401 g/mol. The van der Waals surface area contributed by atoms with Crippen molar-refractivity contribution in [1.29, 1.82) is 0 Å². The summed E-state index contributed by atoms with van der Waals surface area (Å²) in [6.07, 6.45) is 3.60. The number of nitrogens with zero attached hydrogens (tertiary/aromatic N) is 2. The molecule has 4 rings (SSSR count). The third-order valence-corrected chi connectivity index (χ3v) is 4.85. The van der Waals surface area contributed by atoms with Crippen molar-refractivity contribution in [2.75, 3.05) is 11.9 Å². The summed E-state index contributed by atoms with van der Waals surface area (Å²) in [5, 5.41) is 9.85. The molecule has 150 valence electrons. The minimum Gasteiger partial charge on any atom is -0.364 e. The van der Waals surface area contributed by atoms with Crippen molar-refractivity contribution < 1.29 is 14.4 Å². The van der Waals surface area contributed by atoms with Crippen molar-refractivity contribution in [2.45, 2.75) is 6.42 Å². The number of rotatable bonds is 5. The fourth-order valence-electron chi connectivity index (χ4n) is 3.41. The maximum absolute atomic E-state index is 12.0. The van der Waals surface area contributed by atoms with Gasteiger partial charge in [0.2, 0.25) is 5.91 Å². The van der Waals surface area contributed by atoms with Crippen LogP contribution in [0, 0.1) is 0 Å². The molecular weight excluding hydrogens is 382 g/mol. The summed E-state index contributed by atoms with van der Waals surface area (Å²) in [5.41, 5.74) is 9.75. The lowest BCUT2D eigenvalue weighted by molar-refractivity contribution is -0.111. The van der Waals surface area contributed by atoms with Crippen LogP contribution < -0.4 is 16.4 Å². The first-order chi connectivity index (χ1) is 14.5. The molecule has 0 fully saturated rings. The Balaban J connectivity index is 1.76. The summed E-state index contributed by atoms with van der Waals surface area (Å²) in [5.74, 6) is -1.09. The first-order valence-electron chi connectivity index (χ1n) is 9.31. The molecule has 8 nitrogen and oxygen atoms in total. The molecule has 0 bridgehead atoms. The summed E-state index contributed by atoms with van der Waals surface area (Å²) in [6.45, 7) is 4.00. The smallest absolute Gasteiger partial charge is 0.269 e. The Morgan fingerprint density at radius 2 is 2.03 bits per heavy atom. The molecule has 0 spiro atoms. The number of primary amides is 1. The van der Waals surface area contributed by atoms with E-state index in [9.17, 15) is 14.4 Å². The molecular formula is C22H19N5O3. The summed E-state index contributed by atoms with van der Waals surface area (Å²) in [6, 6.07) is 12.4. The van der Waals surface area contributed by atoms with Gasteiger partial charge in [-0.25, -0.2) is 4.68 Å². The molecule has 2 aromatic carbocycles. The van der Waals surface area contributed by atoms with Crippen LogP contribution in [0.25, 0.3) is 16.8 Å². The summed E-state index contributed by atoms with van der Waals surface area (Å²) in [7, 11) is 0. The fourth-order valence-corrected chi connectivity index (χ4v) is 3.41. The number of hydrogen-bond acceptors (Lipinski definition) is 4. The lowest BCUT2D eigenvalue weighted by Gasteiger charge is -2.17. The molecule has 30 heavy (non-hydrogen) atoms. The number of carbonyl (C=O) groups excluding carboxylic acids is 3. The highest BCUT2D eigenvalue weighted by Gasteiger charge is 2.21. The van der Waals surface area contributed by atoms with E-state index >= 15 is 0 Å². The average molecular weight is 401 g/mol. The molecule has 2 heterocycles. The second-order valence-electron chi connectivity index (χ2n) is 6.82. The lowest BCUT2D eigenvalue weighted by Crippen LogP contribution is -2.31. The van der Waals surface area contributed by atoms with Crippen LogP contribution in [0.5, 0.6) is 0 Å². The molecule has 0 aliphatic carbocycles. The molecule has 4 N–H and O–H groups in total. The maximum atomic E-state index is 12.0. The van der Waals surface area contributed by atoms with Gasteiger partial charge in [0.1, 0.15) is 0 Å². The van der Waals surface area contributed by atoms with Gasteiger partial charge in [-0.15, -0.1) is 0 Å². The van der Waals surface area contributed by atoms with Crippen LogP contribution in [0.2, 0.25) is 0 Å². The first-order valence-corrected chi connectivity index (χ1v) is 9.31. The van der Waals surface area contributed by atoms with Crippen molar-refractivity contribution >= 4 is 23.4 Å². The van der Waals surface area contributed by atoms with Crippen LogP contribution >= 0.6 is 0 Å². The molecule has 3 amide bonds. The van der Waals surface area contributed by atoms with Crippen LogP contribution in [0.1, 0.15) is 26.4 Å². The van der Waals surface area contributed by atoms with Crippen molar-refractivity contribution in [3.8, 4) is 16.8 Å². The van der Waals surface area contributed by atoms with Crippen molar-refractivity contribution in [3.63, 3.8) is 0 Å². The Kier molecular flexibility index (Phi) is 4.89. The molecule has 1 aromatic heterocycles. The zero-order valence-electron chi connectivity index (χ0n) is 16.0. The molecule has 0 saturated carbocycles. The van der Waals surface area contributed by atoms with E-state index in [-0.39, 0.29) is 17.5 Å². The third-order valence-electron chi connectivity index (χ3n) is 4.85. The van der Waals surface area contributed by atoms with E-state index in [4.69, 9.17) is 5.73 Å². The Morgan fingerprint density at radius 3 is 2.80 bits per heavy atom. The molecule has 0 radical (unpaired) electrons. The van der Waals surface area contributed by atoms with Crippen LogP contribution in [-0.4, -0.2) is 34.0 Å². The predicted molar refractivity (Wildman–Crippen MR) is 112 cm³/mol. The molecule has 1 aliphatic heterocycles. The standard InChI is InChI=1S/C22H19N5O3/c1-2-19(28)25-15-4-3-5-16(11-15)27-12-18(20(26-27)21(23)29)13-6-7-17-14(10-13)8-9-24-22(17)30/h2-7,10-12H,1,8-9H2,(H2,23,29)(H,24,30)(H,25,28). The number of nitrogens with one attached hydrogen (secondary N) is 2. The summed E-state index contributed by atoms with van der Waals surface area (Å²) in [4.78, 5) is 35.6. The second-order valence-corrected chi connectivity index (χ2v) is 6.82. The Labute approximate surface area is 172 Å². The highest BCUT2D eigenvalue weighted by molar-refractivity contribution is 6.00. The van der Waals surface area contributed by atoms with Gasteiger partial charge in [-0.3, -0.25) is 14.4 Å². The number of anilines is 1. The van der Waals surface area contributed by atoms with Gasteiger partial charge in [0, 0.05) is 29.6 Å². The van der Waals surface area contributed by atoms with Crippen molar-refractivity contribution in [3.05, 3.63) is 78.1 Å². The number of hydrogen-bond donors (Lipinski definition) is 3. The molecule has 0 unspecified atom stereocenters. The van der Waals surface area contributed by atoms with Gasteiger partial charge >= 0.3 is 0 Å². The number of fused-ring (bicyclic) bond motifs is 1. The quantitative estimate of drug-likeness (QED) is 0.567. The largest absolute Gasteiger partial charge is 0.364 e. The number of amides is 3. The SMILES string of the molecule is C=CC(=O)Nc1cccc(-n2cc(-c3ccc4c(c3)CCNC4=O)c(C(N)=O)n2)c1. The molecule has 8 heteroatoms. The van der Waals surface area contributed by atoms with E-state index in [1.807, 2.05) is 6.07 Å². The van der Waals surface area contributed by atoms with Gasteiger partial charge in [0.25, 0.3) is 11.8 Å². The number of nitrogens with two attached hydrogens (primary N) is 1. The Hall–Kier alpha value is -4.20. The van der Waals surface area contributed by atoms with Crippen molar-refractivity contribution in [2.24, 2.45) is 5.73 Å². The van der Waals surface area contributed by atoms with Gasteiger partial charge < -0.3 is 16.4 Å². The fraction of sp³-hybridized carbons (Fsp3) is 0.0909. The van der Waals surface area contributed by atoms with Gasteiger partial charge in [-0.05, 0) is 47.9 Å². The normalized spacial score (nSPS) is 12.6. The second kappa shape index (κ2) is 7.67. The minimum atomic E-state index is -0.657. The predicted octanol–water partition coefficient (Wildman–Crippen LogP) is 2.05. The lowest BCUT2D eigenvalue weighted by atomic mass is 9.95. The topological polar surface area (TPSA) is 119 Å². The molecule has 0 saturated heterocycles. The van der Waals surface area contributed by atoms with Gasteiger partial charge in [-0.1, -0.05) is 24.8 Å². The molecule has 3 aromatic rings. The van der Waals surface area contributed by atoms with Crippen LogP contribution in [0.15, 0.2) is 61.3 Å². The van der Waals surface area contributed by atoms with E-state index in [2.05, 4.69) is 22.3 Å². The van der Waals surface area contributed by atoms with Crippen LogP contribution in [0.3, 0.4) is 0 Å². The van der Waals surface area contributed by atoms with Gasteiger partial charge in [-0.2, -0.15) is 5.10 Å². The maximum Gasteiger partial charge on any atom is 0.269 e. The highest BCUT2D eigenvalue weighted by atomic mass is 16.2. The van der Waals surface area contributed by atoms with Gasteiger partial charge in [0.15, 0.2) is 5.69 Å². The summed E-state index contributed by atoms with van der Waals surface area (Å²) < 4.78 is 1.53. The van der Waals surface area contributed by atoms with Crippen LogP contribution in [-0.2, 0) is 11.2 Å².